The van der Waals surface area contributed by atoms with Gasteiger partial charge in [0, 0.05) is 25.3 Å². The molecule has 2 heterocycles. The van der Waals surface area contributed by atoms with E-state index >= 15 is 0 Å². The lowest BCUT2D eigenvalue weighted by Gasteiger charge is -2.20. The van der Waals surface area contributed by atoms with Crippen LogP contribution in [0, 0.1) is 0 Å². The maximum atomic E-state index is 4.50. The van der Waals surface area contributed by atoms with E-state index in [-0.39, 0.29) is 0 Å². The van der Waals surface area contributed by atoms with Gasteiger partial charge in [0.25, 0.3) is 0 Å². The van der Waals surface area contributed by atoms with Crippen molar-refractivity contribution >= 4 is 27.7 Å². The molecule has 5 nitrogen and oxygen atoms in total. The van der Waals surface area contributed by atoms with Crippen molar-refractivity contribution in [3.8, 4) is 0 Å². The first-order chi connectivity index (χ1) is 9.20. The lowest BCUT2D eigenvalue weighted by atomic mass is 10.2. The molecule has 106 valence electrons. The van der Waals surface area contributed by atoms with Crippen LogP contribution in [-0.4, -0.2) is 47.6 Å². The fourth-order valence-electron chi connectivity index (χ4n) is 2.26. The lowest BCUT2D eigenvalue weighted by molar-refractivity contribution is 0.322. The standard InChI is InChI=1S/C13H22BrN5/c1-3-6-15-13-17-9-11(14)12(18-13)16-8-10-5-4-7-19(10)2/h9-10H,3-8H2,1-2H3,(H2,15,16,17,18). The van der Waals surface area contributed by atoms with Crippen molar-refractivity contribution in [2.75, 3.05) is 37.3 Å². The highest BCUT2D eigenvalue weighted by Gasteiger charge is 2.20. The molecule has 1 aromatic heterocycles. The zero-order valence-electron chi connectivity index (χ0n) is 11.6. The van der Waals surface area contributed by atoms with Gasteiger partial charge in [-0.25, -0.2) is 4.98 Å². The highest BCUT2D eigenvalue weighted by atomic mass is 79.9. The normalized spacial score (nSPS) is 19.6. The Morgan fingerprint density at radius 3 is 3.00 bits per heavy atom. The Balaban J connectivity index is 1.94. The highest BCUT2D eigenvalue weighted by molar-refractivity contribution is 9.10. The van der Waals surface area contributed by atoms with Crippen LogP contribution >= 0.6 is 15.9 Å². The molecule has 0 amide bonds. The first-order valence-electron chi connectivity index (χ1n) is 6.91. The van der Waals surface area contributed by atoms with Crippen LogP contribution in [0.1, 0.15) is 26.2 Å². The van der Waals surface area contributed by atoms with Crippen LogP contribution in [0.2, 0.25) is 0 Å². The quantitative estimate of drug-likeness (QED) is 0.841. The molecule has 0 aromatic carbocycles. The van der Waals surface area contributed by atoms with E-state index in [1.807, 2.05) is 0 Å². The number of hydrogen-bond acceptors (Lipinski definition) is 5. The molecule has 2 rings (SSSR count). The predicted molar refractivity (Wildman–Crippen MR) is 82.7 cm³/mol. The molecule has 0 spiro atoms. The maximum Gasteiger partial charge on any atom is 0.224 e. The summed E-state index contributed by atoms with van der Waals surface area (Å²) in [5.41, 5.74) is 0. The van der Waals surface area contributed by atoms with Crippen LogP contribution in [0.5, 0.6) is 0 Å². The fraction of sp³-hybridized carbons (Fsp3) is 0.692. The summed E-state index contributed by atoms with van der Waals surface area (Å²) in [7, 11) is 2.18. The van der Waals surface area contributed by atoms with Gasteiger partial charge in [-0.2, -0.15) is 4.98 Å². The molecule has 0 aliphatic carbocycles. The summed E-state index contributed by atoms with van der Waals surface area (Å²) in [5.74, 6) is 1.56. The van der Waals surface area contributed by atoms with Gasteiger partial charge < -0.3 is 15.5 Å². The fourth-order valence-corrected chi connectivity index (χ4v) is 2.60. The minimum Gasteiger partial charge on any atom is -0.367 e. The van der Waals surface area contributed by atoms with Gasteiger partial charge in [0.15, 0.2) is 0 Å². The predicted octanol–water partition coefficient (Wildman–Crippen LogP) is 2.57. The molecule has 6 heteroatoms. The van der Waals surface area contributed by atoms with Crippen molar-refractivity contribution in [3.63, 3.8) is 0 Å². The van der Waals surface area contributed by atoms with Crippen LogP contribution < -0.4 is 10.6 Å². The molecule has 1 aromatic rings. The molecule has 1 fully saturated rings. The van der Waals surface area contributed by atoms with Crippen LogP contribution in [0.3, 0.4) is 0 Å². The Morgan fingerprint density at radius 2 is 2.32 bits per heavy atom. The van der Waals surface area contributed by atoms with E-state index in [9.17, 15) is 0 Å². The number of nitrogens with zero attached hydrogens (tertiary/aromatic N) is 3. The number of rotatable bonds is 6. The Labute approximate surface area is 123 Å². The largest absolute Gasteiger partial charge is 0.367 e. The van der Waals surface area contributed by atoms with Crippen LogP contribution in [-0.2, 0) is 0 Å². The zero-order chi connectivity index (χ0) is 13.7. The first-order valence-corrected chi connectivity index (χ1v) is 7.70. The third-order valence-corrected chi connectivity index (χ3v) is 4.03. The summed E-state index contributed by atoms with van der Waals surface area (Å²) in [5, 5.41) is 6.63. The summed E-state index contributed by atoms with van der Waals surface area (Å²) in [6, 6.07) is 0.605. The molecule has 1 aliphatic rings. The topological polar surface area (TPSA) is 53.1 Å². The average molecular weight is 328 g/mol. The highest BCUT2D eigenvalue weighted by Crippen LogP contribution is 2.21. The molecule has 1 atom stereocenters. The van der Waals surface area contributed by atoms with Crippen LogP contribution in [0.25, 0.3) is 0 Å². The third-order valence-electron chi connectivity index (χ3n) is 3.45. The number of hydrogen-bond donors (Lipinski definition) is 2. The van der Waals surface area contributed by atoms with Gasteiger partial charge in [-0.3, -0.25) is 0 Å². The monoisotopic (exact) mass is 327 g/mol. The van der Waals surface area contributed by atoms with Gasteiger partial charge in [-0.05, 0) is 48.8 Å². The summed E-state index contributed by atoms with van der Waals surface area (Å²) >= 11 is 3.49. The maximum absolute atomic E-state index is 4.50. The van der Waals surface area contributed by atoms with Crippen molar-refractivity contribution in [1.82, 2.24) is 14.9 Å². The molecule has 19 heavy (non-hydrogen) atoms. The second-order valence-electron chi connectivity index (χ2n) is 4.97. The van der Waals surface area contributed by atoms with E-state index in [0.717, 1.165) is 29.8 Å². The summed E-state index contributed by atoms with van der Waals surface area (Å²) in [4.78, 5) is 11.1. The van der Waals surface area contributed by atoms with Gasteiger partial charge in [0.05, 0.1) is 4.47 Å². The minimum atomic E-state index is 0.605. The van der Waals surface area contributed by atoms with Gasteiger partial charge in [-0.15, -0.1) is 0 Å². The molecule has 1 aliphatic heterocycles. The van der Waals surface area contributed by atoms with Crippen molar-refractivity contribution < 1.29 is 0 Å². The van der Waals surface area contributed by atoms with Gasteiger partial charge in [-0.1, -0.05) is 6.92 Å². The molecular formula is C13H22BrN5. The Morgan fingerprint density at radius 1 is 1.47 bits per heavy atom. The Bertz CT molecular complexity index is 412. The van der Waals surface area contributed by atoms with Gasteiger partial charge >= 0.3 is 0 Å². The molecule has 0 radical (unpaired) electrons. The number of likely N-dealkylation sites (tertiary alicyclic amines) is 1. The molecule has 1 saturated heterocycles. The summed E-state index contributed by atoms with van der Waals surface area (Å²) in [6.07, 6.45) is 5.41. The summed E-state index contributed by atoms with van der Waals surface area (Å²) in [6.45, 7) is 5.15. The molecule has 0 saturated carbocycles. The third kappa shape index (κ3) is 4.04. The molecular weight excluding hydrogens is 306 g/mol. The van der Waals surface area contributed by atoms with Gasteiger partial charge in [0.2, 0.25) is 5.95 Å². The van der Waals surface area contributed by atoms with Crippen molar-refractivity contribution in [3.05, 3.63) is 10.7 Å². The molecule has 1 unspecified atom stereocenters. The van der Waals surface area contributed by atoms with E-state index in [4.69, 9.17) is 0 Å². The van der Waals surface area contributed by atoms with Gasteiger partial charge in [0.1, 0.15) is 5.82 Å². The number of aromatic nitrogens is 2. The number of likely N-dealkylation sites (N-methyl/N-ethyl adjacent to an activating group) is 1. The Kier molecular flexibility index (Phi) is 5.39. The average Bonchev–Trinajstić information content (AvgIpc) is 2.82. The van der Waals surface area contributed by atoms with E-state index in [1.54, 1.807) is 6.20 Å². The van der Waals surface area contributed by atoms with Crippen LogP contribution in [0.15, 0.2) is 10.7 Å². The van der Waals surface area contributed by atoms with Crippen LogP contribution in [0.4, 0.5) is 11.8 Å². The van der Waals surface area contributed by atoms with Crippen molar-refractivity contribution in [2.45, 2.75) is 32.2 Å². The second-order valence-corrected chi connectivity index (χ2v) is 5.83. The SMILES string of the molecule is CCCNc1ncc(Br)c(NCC2CCCN2C)n1. The number of halogens is 1. The van der Waals surface area contributed by atoms with E-state index in [2.05, 4.69) is 55.4 Å². The Hall–Kier alpha value is -0.880. The smallest absolute Gasteiger partial charge is 0.224 e. The molecule has 0 bridgehead atoms. The lowest BCUT2D eigenvalue weighted by Crippen LogP contribution is -2.31. The van der Waals surface area contributed by atoms with E-state index in [1.165, 1.54) is 19.4 Å². The zero-order valence-corrected chi connectivity index (χ0v) is 13.2. The summed E-state index contributed by atoms with van der Waals surface area (Å²) < 4.78 is 0.912. The first kappa shape index (κ1) is 14.5. The number of nitrogens with one attached hydrogen (secondary N) is 2. The van der Waals surface area contributed by atoms with E-state index in [0.29, 0.717) is 12.0 Å². The number of anilines is 2. The van der Waals surface area contributed by atoms with Crippen molar-refractivity contribution in [1.29, 1.82) is 0 Å². The minimum absolute atomic E-state index is 0.605. The van der Waals surface area contributed by atoms with Crippen molar-refractivity contribution in [2.24, 2.45) is 0 Å². The van der Waals surface area contributed by atoms with E-state index < -0.39 is 0 Å². The molecule has 2 N–H and O–H groups in total. The second kappa shape index (κ2) is 7.05.